The van der Waals surface area contributed by atoms with Crippen molar-refractivity contribution in [1.29, 1.82) is 0 Å². The molecule has 4 heteroatoms. The van der Waals surface area contributed by atoms with Crippen molar-refractivity contribution in [2.75, 3.05) is 13.2 Å². The Morgan fingerprint density at radius 1 is 0.935 bits per heavy atom. The Balaban J connectivity index is 1.42. The van der Waals surface area contributed by atoms with Gasteiger partial charge in [-0.2, -0.15) is 0 Å². The second kappa shape index (κ2) is 10.4. The average molecular weight is 418 g/mol. The van der Waals surface area contributed by atoms with Crippen molar-refractivity contribution in [2.45, 2.75) is 38.3 Å². The fraction of sp³-hybridized carbons (Fsp3) is 0.296. The van der Waals surface area contributed by atoms with Crippen LogP contribution in [0.15, 0.2) is 78.9 Å². The first-order valence-electron chi connectivity index (χ1n) is 11.0. The van der Waals surface area contributed by atoms with Gasteiger partial charge in [0.15, 0.2) is 0 Å². The Hall–Kier alpha value is -2.98. The number of carbonyl (C=O) groups excluding carboxylic acids is 1. The van der Waals surface area contributed by atoms with Gasteiger partial charge in [0.1, 0.15) is 5.82 Å². The minimum atomic E-state index is -0.240. The van der Waals surface area contributed by atoms with E-state index in [1.54, 1.807) is 12.1 Å². The van der Waals surface area contributed by atoms with E-state index in [2.05, 4.69) is 0 Å². The summed E-state index contributed by atoms with van der Waals surface area (Å²) in [6, 6.07) is 24.5. The van der Waals surface area contributed by atoms with E-state index in [-0.39, 0.29) is 17.8 Å². The fourth-order valence-electron chi connectivity index (χ4n) is 4.25. The lowest BCUT2D eigenvalue weighted by atomic mass is 9.95. The number of piperidine rings is 1. The van der Waals surface area contributed by atoms with Crippen LogP contribution in [0.1, 0.15) is 41.6 Å². The Bertz CT molecular complexity index is 988. The second-order valence-electron chi connectivity index (χ2n) is 8.03. The third kappa shape index (κ3) is 5.39. The van der Waals surface area contributed by atoms with Crippen molar-refractivity contribution in [1.82, 2.24) is 4.90 Å². The van der Waals surface area contributed by atoms with Gasteiger partial charge in [-0.1, -0.05) is 60.7 Å². The van der Waals surface area contributed by atoms with Crippen LogP contribution in [0.3, 0.4) is 0 Å². The Morgan fingerprint density at radius 2 is 1.68 bits per heavy atom. The largest absolute Gasteiger partial charge is 0.377 e. The Kier molecular flexibility index (Phi) is 7.11. The molecule has 1 fully saturated rings. The summed E-state index contributed by atoms with van der Waals surface area (Å²) in [5.41, 5.74) is 3.75. The van der Waals surface area contributed by atoms with E-state index in [9.17, 15) is 9.18 Å². The van der Waals surface area contributed by atoms with Gasteiger partial charge in [0.05, 0.1) is 6.61 Å². The molecule has 4 rings (SSSR count). The highest BCUT2D eigenvalue weighted by molar-refractivity contribution is 6.01. The van der Waals surface area contributed by atoms with E-state index in [1.165, 1.54) is 12.1 Å². The first-order valence-corrected chi connectivity index (χ1v) is 11.0. The topological polar surface area (TPSA) is 29.5 Å². The molecule has 160 valence electrons. The van der Waals surface area contributed by atoms with Crippen LogP contribution in [-0.2, 0) is 11.3 Å². The minimum absolute atomic E-state index is 0.0997. The number of nitrogens with zero attached hydrogens (tertiary/aromatic N) is 1. The van der Waals surface area contributed by atoms with Gasteiger partial charge < -0.3 is 9.64 Å². The molecule has 31 heavy (non-hydrogen) atoms. The zero-order valence-corrected chi connectivity index (χ0v) is 17.7. The van der Waals surface area contributed by atoms with Crippen molar-refractivity contribution in [2.24, 2.45) is 0 Å². The summed E-state index contributed by atoms with van der Waals surface area (Å²) in [6.45, 7) is 1.81. The number of hydrogen-bond acceptors (Lipinski definition) is 2. The van der Waals surface area contributed by atoms with Gasteiger partial charge in [0, 0.05) is 24.8 Å². The number of halogens is 1. The van der Waals surface area contributed by atoms with E-state index in [4.69, 9.17) is 4.74 Å². The molecule has 0 spiro atoms. The van der Waals surface area contributed by atoms with E-state index < -0.39 is 0 Å². The summed E-state index contributed by atoms with van der Waals surface area (Å²) in [5.74, 6) is -0.140. The van der Waals surface area contributed by atoms with Crippen molar-refractivity contribution < 1.29 is 13.9 Å². The monoisotopic (exact) mass is 417 g/mol. The molecule has 0 saturated carbocycles. The zero-order valence-electron chi connectivity index (χ0n) is 17.7. The van der Waals surface area contributed by atoms with Crippen molar-refractivity contribution in [3.8, 4) is 11.1 Å². The normalized spacial score (nSPS) is 16.3. The van der Waals surface area contributed by atoms with Crippen molar-refractivity contribution in [3.05, 3.63) is 95.8 Å². The number of likely N-dealkylation sites (tertiary alicyclic amines) is 1. The molecule has 1 aliphatic rings. The van der Waals surface area contributed by atoms with E-state index in [0.29, 0.717) is 13.2 Å². The third-order valence-corrected chi connectivity index (χ3v) is 5.91. The molecule has 3 nitrogen and oxygen atoms in total. The van der Waals surface area contributed by atoms with Crippen LogP contribution in [0.25, 0.3) is 11.1 Å². The van der Waals surface area contributed by atoms with Gasteiger partial charge in [-0.15, -0.1) is 0 Å². The lowest BCUT2D eigenvalue weighted by Crippen LogP contribution is -2.44. The standard InChI is InChI=1S/C27H28FNO2/c28-23-15-13-21(14-16-23)20-31-19-17-24-10-6-7-18-29(24)27(30)26-12-5-4-11-25(26)22-8-2-1-3-9-22/h1-5,8-9,11-16,24H,6-7,10,17-20H2. The highest BCUT2D eigenvalue weighted by atomic mass is 19.1. The van der Waals surface area contributed by atoms with Crippen molar-refractivity contribution >= 4 is 5.91 Å². The molecule has 1 aliphatic heterocycles. The molecule has 3 aromatic carbocycles. The molecule has 0 aliphatic carbocycles. The molecule has 1 amide bonds. The van der Waals surface area contributed by atoms with Crippen LogP contribution >= 0.6 is 0 Å². The quantitative estimate of drug-likeness (QED) is 0.435. The molecule has 3 aromatic rings. The summed E-state index contributed by atoms with van der Waals surface area (Å²) < 4.78 is 18.9. The van der Waals surface area contributed by atoms with Gasteiger partial charge in [-0.3, -0.25) is 4.79 Å². The SMILES string of the molecule is O=C(c1ccccc1-c1ccccc1)N1CCCCC1CCOCc1ccc(F)cc1. The van der Waals surface area contributed by atoms with Gasteiger partial charge in [0.25, 0.3) is 5.91 Å². The number of amides is 1. The van der Waals surface area contributed by atoms with Crippen LogP contribution in [0.2, 0.25) is 0 Å². The smallest absolute Gasteiger partial charge is 0.254 e. The number of hydrogen-bond donors (Lipinski definition) is 0. The summed E-state index contributed by atoms with van der Waals surface area (Å²) in [7, 11) is 0. The molecule has 0 radical (unpaired) electrons. The second-order valence-corrected chi connectivity index (χ2v) is 8.03. The molecule has 0 bridgehead atoms. The summed E-state index contributed by atoms with van der Waals surface area (Å²) in [6.07, 6.45) is 3.97. The molecule has 1 atom stereocenters. The molecule has 1 unspecified atom stereocenters. The van der Waals surface area contributed by atoms with Gasteiger partial charge in [-0.05, 0) is 60.6 Å². The first-order chi connectivity index (χ1) is 15.2. The van der Waals surface area contributed by atoms with Crippen LogP contribution < -0.4 is 0 Å². The number of ether oxygens (including phenoxy) is 1. The predicted octanol–water partition coefficient (Wildman–Crippen LogP) is 6.09. The van der Waals surface area contributed by atoms with E-state index >= 15 is 0 Å². The maximum atomic E-state index is 13.5. The number of rotatable bonds is 7. The molecule has 0 aromatic heterocycles. The summed E-state index contributed by atoms with van der Waals surface area (Å²) >= 11 is 0. The van der Waals surface area contributed by atoms with Gasteiger partial charge in [-0.25, -0.2) is 4.39 Å². The van der Waals surface area contributed by atoms with Gasteiger partial charge >= 0.3 is 0 Å². The Labute approximate surface area is 183 Å². The minimum Gasteiger partial charge on any atom is -0.377 e. The fourth-order valence-corrected chi connectivity index (χ4v) is 4.25. The van der Waals surface area contributed by atoms with Crippen molar-refractivity contribution in [3.63, 3.8) is 0 Å². The van der Waals surface area contributed by atoms with Gasteiger partial charge in [0.2, 0.25) is 0 Å². The van der Waals surface area contributed by atoms with E-state index in [1.807, 2.05) is 59.5 Å². The van der Waals surface area contributed by atoms with Crippen LogP contribution in [0, 0.1) is 5.82 Å². The summed E-state index contributed by atoms with van der Waals surface area (Å²) in [4.78, 5) is 15.6. The lowest BCUT2D eigenvalue weighted by molar-refractivity contribution is 0.0495. The first kappa shape index (κ1) is 21.3. The number of benzene rings is 3. The predicted molar refractivity (Wildman–Crippen MR) is 121 cm³/mol. The van der Waals surface area contributed by atoms with Crippen LogP contribution in [-0.4, -0.2) is 30.0 Å². The molecule has 1 saturated heterocycles. The maximum Gasteiger partial charge on any atom is 0.254 e. The van der Waals surface area contributed by atoms with Crippen LogP contribution in [0.4, 0.5) is 4.39 Å². The zero-order chi connectivity index (χ0) is 21.5. The lowest BCUT2D eigenvalue weighted by Gasteiger charge is -2.36. The Morgan fingerprint density at radius 3 is 2.48 bits per heavy atom. The molecular weight excluding hydrogens is 389 g/mol. The maximum absolute atomic E-state index is 13.5. The molecule has 0 N–H and O–H groups in total. The average Bonchev–Trinajstić information content (AvgIpc) is 2.83. The number of carbonyl (C=O) groups is 1. The molecule has 1 heterocycles. The summed E-state index contributed by atoms with van der Waals surface area (Å²) in [5, 5.41) is 0. The molecular formula is C27H28FNO2. The highest BCUT2D eigenvalue weighted by Crippen LogP contribution is 2.28. The van der Waals surface area contributed by atoms with Crippen LogP contribution in [0.5, 0.6) is 0 Å². The highest BCUT2D eigenvalue weighted by Gasteiger charge is 2.28. The third-order valence-electron chi connectivity index (χ3n) is 5.91. The van der Waals surface area contributed by atoms with E-state index in [0.717, 1.165) is 54.5 Å².